The molecule has 0 spiro atoms. The number of aromatic hydroxyl groups is 1. The molecule has 3 aromatic rings. The second kappa shape index (κ2) is 10.6. The van der Waals surface area contributed by atoms with Crippen molar-refractivity contribution in [2.24, 2.45) is 5.92 Å². The number of hydrogen-bond donors (Lipinski definition) is 3. The number of Topliss-reactive ketones (excluding diaryl/α,β-unsaturated/α-hetero) is 1. The predicted octanol–water partition coefficient (Wildman–Crippen LogP) is 5.55. The Morgan fingerprint density at radius 3 is 2.51 bits per heavy atom. The van der Waals surface area contributed by atoms with Crippen molar-refractivity contribution in [2.75, 3.05) is 31.5 Å². The fourth-order valence-corrected chi connectivity index (χ4v) is 5.31. The van der Waals surface area contributed by atoms with Gasteiger partial charge in [0, 0.05) is 29.7 Å². The number of carbonyl (C=O) groups excluding carboxylic acids is 1. The maximum absolute atomic E-state index is 13.9. The summed E-state index contributed by atoms with van der Waals surface area (Å²) in [5.74, 6) is -0.311. The lowest BCUT2D eigenvalue weighted by Gasteiger charge is -2.33. The molecule has 2 aliphatic rings. The monoisotopic (exact) mass is 531 g/mol. The van der Waals surface area contributed by atoms with Crippen LogP contribution in [0.5, 0.6) is 23.0 Å². The van der Waals surface area contributed by atoms with Crippen LogP contribution in [-0.4, -0.2) is 36.6 Å². The molecule has 1 aliphatic heterocycles. The van der Waals surface area contributed by atoms with Gasteiger partial charge in [-0.05, 0) is 48.9 Å². The highest BCUT2D eigenvalue weighted by atomic mass is 16.6. The van der Waals surface area contributed by atoms with Gasteiger partial charge < -0.3 is 30.0 Å². The van der Waals surface area contributed by atoms with E-state index in [0.29, 0.717) is 22.8 Å². The van der Waals surface area contributed by atoms with Crippen LogP contribution >= 0.6 is 0 Å². The van der Waals surface area contributed by atoms with Gasteiger partial charge in [0.25, 0.3) is 0 Å². The first-order valence-corrected chi connectivity index (χ1v) is 12.6. The number of nitrogens with one attached hydrogen (secondary N) is 2. The molecule has 0 radical (unpaired) electrons. The normalized spacial score (nSPS) is 19.8. The Kier molecular flexibility index (Phi) is 7.02. The SMILES string of the molecule is CCOc1cc([C@H]2Nc3ccccc3NC3=C[C@@H](c4cc(OC)ccc4OC)CC(=O)[C@@H]32)cc([N+](=O)[O-])c1O. The number of hydrogen-bond acceptors (Lipinski definition) is 9. The molecule has 3 atom stereocenters. The van der Waals surface area contributed by atoms with Crippen molar-refractivity contribution in [2.45, 2.75) is 25.3 Å². The number of nitro groups is 1. The number of para-hydroxylation sites is 2. The Balaban J connectivity index is 1.67. The Morgan fingerprint density at radius 2 is 1.82 bits per heavy atom. The number of carbonyl (C=O) groups is 1. The van der Waals surface area contributed by atoms with E-state index in [4.69, 9.17) is 14.2 Å². The van der Waals surface area contributed by atoms with Crippen LogP contribution in [-0.2, 0) is 4.79 Å². The maximum Gasteiger partial charge on any atom is 0.315 e. The number of fused-ring (bicyclic) bond motifs is 2. The van der Waals surface area contributed by atoms with Gasteiger partial charge in [-0.25, -0.2) is 0 Å². The molecule has 1 aliphatic carbocycles. The van der Waals surface area contributed by atoms with Gasteiger partial charge in [0.2, 0.25) is 5.75 Å². The quantitative estimate of drug-likeness (QED) is 0.265. The molecular weight excluding hydrogens is 502 g/mol. The first-order valence-electron chi connectivity index (χ1n) is 12.6. The fraction of sp³-hybridized carbons (Fsp3) is 0.276. The number of ether oxygens (including phenoxy) is 3. The molecule has 3 N–H and O–H groups in total. The number of anilines is 2. The summed E-state index contributed by atoms with van der Waals surface area (Å²) in [7, 11) is 3.17. The van der Waals surface area contributed by atoms with Crippen molar-refractivity contribution < 1.29 is 29.0 Å². The van der Waals surface area contributed by atoms with Crippen molar-refractivity contribution in [3.8, 4) is 23.0 Å². The molecule has 0 amide bonds. The first-order chi connectivity index (χ1) is 18.8. The van der Waals surface area contributed by atoms with E-state index in [1.165, 1.54) is 6.07 Å². The van der Waals surface area contributed by atoms with Crippen LogP contribution in [0.3, 0.4) is 0 Å². The third kappa shape index (κ3) is 4.81. The number of nitro benzene ring substituents is 1. The molecule has 1 heterocycles. The summed E-state index contributed by atoms with van der Waals surface area (Å²) >= 11 is 0. The Bertz CT molecular complexity index is 1470. The van der Waals surface area contributed by atoms with Gasteiger partial charge in [-0.3, -0.25) is 14.9 Å². The summed E-state index contributed by atoms with van der Waals surface area (Å²) in [6.07, 6.45) is 2.20. The van der Waals surface area contributed by atoms with Crippen LogP contribution in [0.1, 0.15) is 36.4 Å². The first kappa shape index (κ1) is 25.9. The molecule has 0 fully saturated rings. The van der Waals surface area contributed by atoms with Crippen molar-refractivity contribution in [1.82, 2.24) is 0 Å². The van der Waals surface area contributed by atoms with E-state index in [2.05, 4.69) is 10.6 Å². The molecule has 5 rings (SSSR count). The van der Waals surface area contributed by atoms with Gasteiger partial charge in [0.15, 0.2) is 5.75 Å². The Hall–Kier alpha value is -4.73. The van der Waals surface area contributed by atoms with E-state index in [9.17, 15) is 20.0 Å². The Labute approximate surface area is 225 Å². The van der Waals surface area contributed by atoms with E-state index >= 15 is 0 Å². The minimum atomic E-state index is -0.691. The standard InChI is InChI=1S/C29H29N3O7/c1-4-39-26-14-17(12-23(29(26)34)32(35)36)28-27-22(30-20-7-5-6-8-21(20)31-28)11-16(13-24(27)33)19-15-18(37-2)9-10-25(19)38-3/h5-12,14-16,27-28,30-31,34H,4,13H2,1-3H3/t16-,27-,28-/m1/s1. The number of nitrogens with zero attached hydrogens (tertiary/aromatic N) is 1. The number of benzene rings is 3. The predicted molar refractivity (Wildman–Crippen MR) is 146 cm³/mol. The summed E-state index contributed by atoms with van der Waals surface area (Å²) < 4.78 is 16.5. The molecule has 0 bridgehead atoms. The van der Waals surface area contributed by atoms with Crippen LogP contribution in [0.2, 0.25) is 0 Å². The van der Waals surface area contributed by atoms with Crippen molar-refractivity contribution >= 4 is 22.8 Å². The van der Waals surface area contributed by atoms with Gasteiger partial charge in [-0.2, -0.15) is 0 Å². The zero-order valence-electron chi connectivity index (χ0n) is 21.8. The number of rotatable bonds is 7. The summed E-state index contributed by atoms with van der Waals surface area (Å²) in [5.41, 5.74) is 2.94. The van der Waals surface area contributed by atoms with E-state index in [1.807, 2.05) is 42.5 Å². The van der Waals surface area contributed by atoms with Crippen molar-refractivity contribution in [3.05, 3.63) is 87.6 Å². The van der Waals surface area contributed by atoms with E-state index in [1.54, 1.807) is 33.3 Å². The molecule has 10 heteroatoms. The molecule has 10 nitrogen and oxygen atoms in total. The summed E-state index contributed by atoms with van der Waals surface area (Å²) in [4.78, 5) is 25.1. The smallest absolute Gasteiger partial charge is 0.315 e. The van der Waals surface area contributed by atoms with Gasteiger partial charge in [0.1, 0.15) is 17.3 Å². The zero-order chi connectivity index (χ0) is 27.7. The van der Waals surface area contributed by atoms with E-state index < -0.39 is 28.3 Å². The Morgan fingerprint density at radius 1 is 1.05 bits per heavy atom. The lowest BCUT2D eigenvalue weighted by molar-refractivity contribution is -0.386. The largest absolute Gasteiger partial charge is 0.500 e. The summed E-state index contributed by atoms with van der Waals surface area (Å²) in [6, 6.07) is 15.2. The lowest BCUT2D eigenvalue weighted by atomic mass is 9.76. The molecule has 0 aromatic heterocycles. The zero-order valence-corrected chi connectivity index (χ0v) is 21.8. The van der Waals surface area contributed by atoms with Crippen molar-refractivity contribution in [1.29, 1.82) is 0 Å². The van der Waals surface area contributed by atoms with Crippen LogP contribution < -0.4 is 24.8 Å². The maximum atomic E-state index is 13.9. The van der Waals surface area contributed by atoms with Crippen LogP contribution in [0, 0.1) is 16.0 Å². The fourth-order valence-electron chi connectivity index (χ4n) is 5.31. The molecule has 0 unspecified atom stereocenters. The highest BCUT2D eigenvalue weighted by molar-refractivity contribution is 5.91. The van der Waals surface area contributed by atoms with Gasteiger partial charge in [-0.1, -0.05) is 18.2 Å². The van der Waals surface area contributed by atoms with Crippen LogP contribution in [0.15, 0.2) is 66.4 Å². The highest BCUT2D eigenvalue weighted by Crippen LogP contribution is 2.48. The topological polar surface area (TPSA) is 132 Å². The number of allylic oxidation sites excluding steroid dienone is 1. The third-order valence-electron chi connectivity index (χ3n) is 7.10. The number of methoxy groups -OCH3 is 2. The van der Waals surface area contributed by atoms with Crippen molar-refractivity contribution in [3.63, 3.8) is 0 Å². The van der Waals surface area contributed by atoms with Gasteiger partial charge in [0.05, 0.1) is 49.1 Å². The second-order valence-electron chi connectivity index (χ2n) is 9.35. The number of ketones is 1. The molecule has 3 aromatic carbocycles. The van der Waals surface area contributed by atoms with Crippen LogP contribution in [0.4, 0.5) is 17.1 Å². The summed E-state index contributed by atoms with van der Waals surface area (Å²) in [5, 5.41) is 29.1. The summed E-state index contributed by atoms with van der Waals surface area (Å²) in [6.45, 7) is 1.93. The van der Waals surface area contributed by atoms with E-state index in [-0.39, 0.29) is 30.5 Å². The lowest BCUT2D eigenvalue weighted by Crippen LogP contribution is -2.34. The van der Waals surface area contributed by atoms with E-state index in [0.717, 1.165) is 16.9 Å². The van der Waals surface area contributed by atoms with Crippen LogP contribution in [0.25, 0.3) is 0 Å². The molecule has 0 saturated carbocycles. The second-order valence-corrected chi connectivity index (χ2v) is 9.35. The average Bonchev–Trinajstić information content (AvgIpc) is 3.10. The third-order valence-corrected chi connectivity index (χ3v) is 7.10. The minimum absolute atomic E-state index is 0.0122. The number of phenolic OH excluding ortho intramolecular Hbond substituents is 1. The molecular formula is C29H29N3O7. The minimum Gasteiger partial charge on any atom is -0.500 e. The average molecular weight is 532 g/mol. The molecule has 202 valence electrons. The molecule has 39 heavy (non-hydrogen) atoms. The molecule has 0 saturated heterocycles. The number of phenols is 1. The van der Waals surface area contributed by atoms with Gasteiger partial charge in [-0.15, -0.1) is 0 Å². The van der Waals surface area contributed by atoms with Gasteiger partial charge >= 0.3 is 5.69 Å². The highest BCUT2D eigenvalue weighted by Gasteiger charge is 2.41.